The van der Waals surface area contributed by atoms with Gasteiger partial charge in [-0.15, -0.1) is 0 Å². The van der Waals surface area contributed by atoms with Crippen molar-refractivity contribution in [2.24, 2.45) is 0 Å². The van der Waals surface area contributed by atoms with Crippen LogP contribution in [0.1, 0.15) is 45.1 Å². The van der Waals surface area contributed by atoms with Crippen LogP contribution in [0.4, 0.5) is 0 Å². The van der Waals surface area contributed by atoms with Crippen molar-refractivity contribution >= 4 is 11.9 Å². The van der Waals surface area contributed by atoms with Gasteiger partial charge in [-0.05, 0) is 32.3 Å². The molecule has 0 heterocycles. The molecule has 1 aliphatic carbocycles. The van der Waals surface area contributed by atoms with Crippen molar-refractivity contribution in [1.82, 2.24) is 0 Å². The topological polar surface area (TPSA) is 52.6 Å². The second kappa shape index (κ2) is 7.95. The standard InChI is InChI=1S/C19H24O4/c1-3-22-17(20)16(18(21)23-4-2)14-19(12-8-9-13-19)15-10-6-5-7-11-15/h5-7,10-11,14H,3-4,8-9,12-13H2,1-2H3. The van der Waals surface area contributed by atoms with Gasteiger partial charge in [0, 0.05) is 5.41 Å². The Balaban J connectivity index is 2.44. The number of hydrogen-bond donors (Lipinski definition) is 0. The van der Waals surface area contributed by atoms with Crippen molar-refractivity contribution in [3.8, 4) is 0 Å². The fourth-order valence-corrected chi connectivity index (χ4v) is 3.19. The van der Waals surface area contributed by atoms with Gasteiger partial charge in [0.05, 0.1) is 13.2 Å². The fraction of sp³-hybridized carbons (Fsp3) is 0.474. The lowest BCUT2D eigenvalue weighted by Gasteiger charge is -2.26. The van der Waals surface area contributed by atoms with E-state index in [1.165, 1.54) is 0 Å². The molecule has 0 amide bonds. The van der Waals surface area contributed by atoms with Gasteiger partial charge in [-0.1, -0.05) is 49.2 Å². The van der Waals surface area contributed by atoms with E-state index < -0.39 is 11.9 Å². The van der Waals surface area contributed by atoms with Gasteiger partial charge in [0.1, 0.15) is 5.57 Å². The normalized spacial score (nSPS) is 15.7. The van der Waals surface area contributed by atoms with E-state index in [2.05, 4.69) is 12.1 Å². The predicted octanol–water partition coefficient (Wildman–Crippen LogP) is 3.55. The van der Waals surface area contributed by atoms with Crippen LogP contribution in [0.15, 0.2) is 42.0 Å². The van der Waals surface area contributed by atoms with E-state index in [4.69, 9.17) is 9.47 Å². The van der Waals surface area contributed by atoms with Crippen molar-refractivity contribution < 1.29 is 19.1 Å². The SMILES string of the molecule is CCOC(=O)C(=CC1(c2ccccc2)CCCC1)C(=O)OCC. The van der Waals surface area contributed by atoms with E-state index >= 15 is 0 Å². The monoisotopic (exact) mass is 316 g/mol. The molecule has 23 heavy (non-hydrogen) atoms. The van der Waals surface area contributed by atoms with E-state index in [0.29, 0.717) is 0 Å². The highest BCUT2D eigenvalue weighted by Crippen LogP contribution is 2.43. The molecule has 2 rings (SSSR count). The van der Waals surface area contributed by atoms with Crippen molar-refractivity contribution in [3.05, 3.63) is 47.5 Å². The molecule has 0 aliphatic heterocycles. The summed E-state index contributed by atoms with van der Waals surface area (Å²) in [6, 6.07) is 10.0. The third kappa shape index (κ3) is 4.01. The van der Waals surface area contributed by atoms with Crippen LogP contribution < -0.4 is 0 Å². The molecule has 0 N–H and O–H groups in total. The van der Waals surface area contributed by atoms with Crippen LogP contribution in [0.2, 0.25) is 0 Å². The smallest absolute Gasteiger partial charge is 0.345 e. The first-order valence-electron chi connectivity index (χ1n) is 8.25. The second-order valence-corrected chi connectivity index (χ2v) is 5.73. The molecule has 0 saturated heterocycles. The Morgan fingerprint density at radius 1 is 1.00 bits per heavy atom. The molecule has 1 aromatic rings. The maximum absolute atomic E-state index is 12.2. The van der Waals surface area contributed by atoms with Gasteiger partial charge < -0.3 is 9.47 Å². The summed E-state index contributed by atoms with van der Waals surface area (Å²) in [4.78, 5) is 24.5. The average molecular weight is 316 g/mol. The van der Waals surface area contributed by atoms with Crippen LogP contribution in [-0.2, 0) is 24.5 Å². The number of benzene rings is 1. The number of esters is 2. The highest BCUT2D eigenvalue weighted by molar-refractivity contribution is 6.14. The molecule has 1 fully saturated rings. The van der Waals surface area contributed by atoms with Crippen molar-refractivity contribution in [2.45, 2.75) is 44.9 Å². The van der Waals surface area contributed by atoms with Crippen LogP contribution in [0.25, 0.3) is 0 Å². The van der Waals surface area contributed by atoms with Crippen LogP contribution in [0.3, 0.4) is 0 Å². The Morgan fingerprint density at radius 3 is 2.00 bits per heavy atom. The van der Waals surface area contributed by atoms with Gasteiger partial charge in [-0.3, -0.25) is 0 Å². The lowest BCUT2D eigenvalue weighted by atomic mass is 9.77. The lowest BCUT2D eigenvalue weighted by molar-refractivity contribution is -0.146. The Bertz CT molecular complexity index is 548. The van der Waals surface area contributed by atoms with Crippen molar-refractivity contribution in [3.63, 3.8) is 0 Å². The number of ether oxygens (including phenoxy) is 2. The molecule has 1 aromatic carbocycles. The number of allylic oxidation sites excluding steroid dienone is 1. The summed E-state index contributed by atoms with van der Waals surface area (Å²) in [6.45, 7) is 3.91. The first-order chi connectivity index (χ1) is 11.1. The van der Waals surface area contributed by atoms with Gasteiger partial charge in [0.25, 0.3) is 0 Å². The molecule has 4 nitrogen and oxygen atoms in total. The third-order valence-corrected chi connectivity index (χ3v) is 4.26. The van der Waals surface area contributed by atoms with E-state index in [1.807, 2.05) is 18.2 Å². The van der Waals surface area contributed by atoms with Crippen molar-refractivity contribution in [2.75, 3.05) is 13.2 Å². The summed E-state index contributed by atoms with van der Waals surface area (Å²) in [7, 11) is 0. The number of rotatable bonds is 6. The summed E-state index contributed by atoms with van der Waals surface area (Å²) in [6.07, 6.45) is 5.76. The van der Waals surface area contributed by atoms with Crippen LogP contribution >= 0.6 is 0 Å². The second-order valence-electron chi connectivity index (χ2n) is 5.73. The lowest BCUT2D eigenvalue weighted by Crippen LogP contribution is -2.25. The molecular formula is C19H24O4. The largest absolute Gasteiger partial charge is 0.462 e. The summed E-state index contributed by atoms with van der Waals surface area (Å²) >= 11 is 0. The zero-order valence-corrected chi connectivity index (χ0v) is 13.8. The molecule has 124 valence electrons. The van der Waals surface area contributed by atoms with Gasteiger partial charge in [0.15, 0.2) is 0 Å². The third-order valence-electron chi connectivity index (χ3n) is 4.26. The van der Waals surface area contributed by atoms with E-state index in [1.54, 1.807) is 19.9 Å². The average Bonchev–Trinajstić information content (AvgIpc) is 3.04. The predicted molar refractivity (Wildman–Crippen MR) is 87.9 cm³/mol. The quantitative estimate of drug-likeness (QED) is 0.348. The first kappa shape index (κ1) is 17.3. The Hall–Kier alpha value is -2.10. The van der Waals surface area contributed by atoms with Gasteiger partial charge in [-0.2, -0.15) is 0 Å². The summed E-state index contributed by atoms with van der Waals surface area (Å²) < 4.78 is 10.1. The summed E-state index contributed by atoms with van der Waals surface area (Å²) in [5.74, 6) is -1.21. The Kier molecular flexibility index (Phi) is 5.97. The van der Waals surface area contributed by atoms with Gasteiger partial charge in [0.2, 0.25) is 0 Å². The fourth-order valence-electron chi connectivity index (χ4n) is 3.19. The molecule has 0 spiro atoms. The van der Waals surface area contributed by atoms with Gasteiger partial charge in [-0.25, -0.2) is 9.59 Å². The maximum atomic E-state index is 12.2. The number of carbonyl (C=O) groups excluding carboxylic acids is 2. The molecule has 0 aromatic heterocycles. The molecule has 0 atom stereocenters. The van der Waals surface area contributed by atoms with E-state index in [0.717, 1.165) is 31.2 Å². The van der Waals surface area contributed by atoms with E-state index in [-0.39, 0.29) is 24.2 Å². The van der Waals surface area contributed by atoms with Crippen LogP contribution in [0, 0.1) is 0 Å². The highest BCUT2D eigenvalue weighted by Gasteiger charge is 2.36. The summed E-state index contributed by atoms with van der Waals surface area (Å²) in [5.41, 5.74) is 0.846. The first-order valence-corrected chi connectivity index (χ1v) is 8.25. The van der Waals surface area contributed by atoms with Crippen LogP contribution in [0.5, 0.6) is 0 Å². The zero-order chi connectivity index (χ0) is 16.7. The van der Waals surface area contributed by atoms with Crippen LogP contribution in [-0.4, -0.2) is 25.2 Å². The number of hydrogen-bond acceptors (Lipinski definition) is 4. The van der Waals surface area contributed by atoms with Crippen molar-refractivity contribution in [1.29, 1.82) is 0 Å². The minimum atomic E-state index is -0.604. The molecule has 0 unspecified atom stereocenters. The Labute approximate surface area is 137 Å². The minimum absolute atomic E-state index is 0.0134. The highest BCUT2D eigenvalue weighted by atomic mass is 16.6. The molecular weight excluding hydrogens is 292 g/mol. The Morgan fingerprint density at radius 2 is 1.52 bits per heavy atom. The molecule has 1 aliphatic rings. The van der Waals surface area contributed by atoms with Gasteiger partial charge >= 0.3 is 11.9 Å². The molecule has 0 bridgehead atoms. The molecule has 4 heteroatoms. The zero-order valence-electron chi connectivity index (χ0n) is 13.8. The molecule has 0 radical (unpaired) electrons. The van der Waals surface area contributed by atoms with E-state index in [9.17, 15) is 9.59 Å². The molecule has 1 saturated carbocycles. The maximum Gasteiger partial charge on any atom is 0.345 e. The summed E-state index contributed by atoms with van der Waals surface area (Å²) in [5, 5.41) is 0. The number of carbonyl (C=O) groups is 2. The minimum Gasteiger partial charge on any atom is -0.462 e.